The van der Waals surface area contributed by atoms with E-state index in [1.54, 1.807) is 25.1 Å². The van der Waals surface area contributed by atoms with E-state index >= 15 is 0 Å². The summed E-state index contributed by atoms with van der Waals surface area (Å²) in [6.07, 6.45) is 5.00. The van der Waals surface area contributed by atoms with Crippen molar-refractivity contribution < 1.29 is 33.7 Å². The molecule has 0 amide bonds. The number of aromatic hydroxyl groups is 1. The van der Waals surface area contributed by atoms with E-state index in [1.165, 1.54) is 22.8 Å². The van der Waals surface area contributed by atoms with E-state index in [4.69, 9.17) is 19.3 Å². The number of aryl methyl sites for hydroxylation is 2. The van der Waals surface area contributed by atoms with Crippen molar-refractivity contribution in [3.8, 4) is 5.75 Å². The van der Waals surface area contributed by atoms with Gasteiger partial charge in [0.05, 0.1) is 31.7 Å². The van der Waals surface area contributed by atoms with Crippen LogP contribution in [-0.4, -0.2) is 42.8 Å². The minimum atomic E-state index is -0.298. The molecule has 3 aromatic rings. The first-order valence-electron chi connectivity index (χ1n) is 15.3. The maximum absolute atomic E-state index is 11.4. The molecule has 2 fully saturated rings. The number of phenols is 1. The fourth-order valence-electron chi connectivity index (χ4n) is 4.71. The van der Waals surface area contributed by atoms with Crippen molar-refractivity contribution in [2.75, 3.05) is 19.8 Å². The highest BCUT2D eigenvalue weighted by atomic mass is 16.5. The third kappa shape index (κ3) is 11.0. The number of carbonyl (C=O) groups excluding carboxylic acids is 3. The topological polar surface area (TPSA) is 99.1 Å². The van der Waals surface area contributed by atoms with Gasteiger partial charge in [0.1, 0.15) is 5.75 Å². The predicted molar refractivity (Wildman–Crippen MR) is 171 cm³/mol. The zero-order valence-corrected chi connectivity index (χ0v) is 26.3. The third-order valence-electron chi connectivity index (χ3n) is 7.36. The van der Waals surface area contributed by atoms with E-state index in [0.717, 1.165) is 24.0 Å². The summed E-state index contributed by atoms with van der Waals surface area (Å²) in [7, 11) is 0. The largest absolute Gasteiger partial charge is 0.508 e. The Morgan fingerprint density at radius 3 is 1.50 bits per heavy atom. The number of rotatable bonds is 9. The lowest BCUT2D eigenvalue weighted by atomic mass is 10.1. The second kappa shape index (κ2) is 17.0. The van der Waals surface area contributed by atoms with Gasteiger partial charge < -0.3 is 19.3 Å². The molecule has 0 aliphatic heterocycles. The molecule has 0 spiro atoms. The summed E-state index contributed by atoms with van der Waals surface area (Å²) in [5.74, 6) is 0.621. The van der Waals surface area contributed by atoms with E-state index in [9.17, 15) is 14.4 Å². The Labute approximate surface area is 260 Å². The van der Waals surface area contributed by atoms with Gasteiger partial charge >= 0.3 is 17.9 Å². The lowest BCUT2D eigenvalue weighted by Gasteiger charge is -2.01. The van der Waals surface area contributed by atoms with Gasteiger partial charge in [-0.15, -0.1) is 0 Å². The molecule has 0 saturated heterocycles. The van der Waals surface area contributed by atoms with Gasteiger partial charge in [-0.1, -0.05) is 71.8 Å². The Kier molecular flexibility index (Phi) is 13.2. The summed E-state index contributed by atoms with van der Waals surface area (Å²) >= 11 is 0. The summed E-state index contributed by atoms with van der Waals surface area (Å²) in [6, 6.07) is 23.4. The van der Waals surface area contributed by atoms with E-state index in [0.29, 0.717) is 25.7 Å². The van der Waals surface area contributed by atoms with E-state index in [-0.39, 0.29) is 41.4 Å². The van der Waals surface area contributed by atoms with Crippen LogP contribution in [0.15, 0.2) is 78.9 Å². The van der Waals surface area contributed by atoms with Crippen LogP contribution in [0.25, 0.3) is 6.08 Å². The van der Waals surface area contributed by atoms with Crippen LogP contribution in [0.5, 0.6) is 5.75 Å². The van der Waals surface area contributed by atoms with Crippen LogP contribution in [0.4, 0.5) is 0 Å². The Bertz CT molecular complexity index is 1300. The fourth-order valence-corrected chi connectivity index (χ4v) is 4.71. The quantitative estimate of drug-likeness (QED) is 0.156. The van der Waals surface area contributed by atoms with E-state index in [2.05, 4.69) is 31.2 Å². The summed E-state index contributed by atoms with van der Waals surface area (Å²) < 4.78 is 14.7. The van der Waals surface area contributed by atoms with Crippen LogP contribution in [0.2, 0.25) is 0 Å². The van der Waals surface area contributed by atoms with Crippen molar-refractivity contribution in [2.24, 2.45) is 11.8 Å². The molecule has 7 nitrogen and oxygen atoms in total. The molecule has 2 aliphatic carbocycles. The number of esters is 3. The number of hydrogen-bond acceptors (Lipinski definition) is 7. The molecule has 234 valence electrons. The van der Waals surface area contributed by atoms with Crippen LogP contribution in [-0.2, 0) is 28.6 Å². The average Bonchev–Trinajstić information content (AvgIpc) is 3.94. The normalized spacial score (nSPS) is 19.4. The summed E-state index contributed by atoms with van der Waals surface area (Å²) in [6.45, 7) is 10.9. The molecule has 3 aromatic carbocycles. The van der Waals surface area contributed by atoms with Crippen molar-refractivity contribution in [2.45, 2.75) is 59.3 Å². The molecule has 4 atom stereocenters. The minimum Gasteiger partial charge on any atom is -0.508 e. The first kappa shape index (κ1) is 34.1. The molecule has 2 aliphatic rings. The molecule has 44 heavy (non-hydrogen) atoms. The minimum absolute atomic E-state index is 0.0227. The van der Waals surface area contributed by atoms with Gasteiger partial charge in [0, 0.05) is 6.08 Å². The molecule has 4 unspecified atom stereocenters. The molecule has 5 rings (SSSR count). The smallest absolute Gasteiger partial charge is 0.330 e. The maximum atomic E-state index is 11.4. The Balaban J connectivity index is 0.000000181. The molecule has 0 heterocycles. The van der Waals surface area contributed by atoms with Crippen LogP contribution in [0.3, 0.4) is 0 Å². The van der Waals surface area contributed by atoms with Crippen molar-refractivity contribution in [1.82, 2.24) is 0 Å². The first-order chi connectivity index (χ1) is 21.2. The van der Waals surface area contributed by atoms with Crippen molar-refractivity contribution in [1.29, 1.82) is 0 Å². The molecule has 0 aromatic heterocycles. The number of ether oxygens (including phenoxy) is 3. The van der Waals surface area contributed by atoms with Crippen LogP contribution in [0.1, 0.15) is 73.3 Å². The third-order valence-corrected chi connectivity index (χ3v) is 7.36. The maximum Gasteiger partial charge on any atom is 0.330 e. The lowest BCUT2D eigenvalue weighted by molar-refractivity contribution is -0.145. The number of carbonyl (C=O) groups is 3. The molecule has 7 heteroatoms. The number of hydrogen-bond donors (Lipinski definition) is 1. The van der Waals surface area contributed by atoms with Gasteiger partial charge in [-0.05, 0) is 94.2 Å². The summed E-state index contributed by atoms with van der Waals surface area (Å²) in [5.41, 5.74) is 5.83. The summed E-state index contributed by atoms with van der Waals surface area (Å²) in [5, 5.41) is 9.13. The molecule has 2 saturated carbocycles. The molecular weight excluding hydrogens is 556 g/mol. The van der Waals surface area contributed by atoms with Gasteiger partial charge in [0.2, 0.25) is 0 Å². The van der Waals surface area contributed by atoms with Gasteiger partial charge in [-0.3, -0.25) is 9.59 Å². The van der Waals surface area contributed by atoms with Crippen LogP contribution < -0.4 is 0 Å². The first-order valence-corrected chi connectivity index (χ1v) is 15.3. The zero-order chi connectivity index (χ0) is 32.1. The Morgan fingerprint density at radius 1 is 0.659 bits per heavy atom. The molecule has 0 radical (unpaired) electrons. The summed E-state index contributed by atoms with van der Waals surface area (Å²) in [4.78, 5) is 33.8. The average molecular weight is 601 g/mol. The second-order valence-electron chi connectivity index (χ2n) is 10.9. The lowest BCUT2D eigenvalue weighted by Crippen LogP contribution is -2.07. The highest BCUT2D eigenvalue weighted by Crippen LogP contribution is 2.49. The van der Waals surface area contributed by atoms with Crippen LogP contribution in [0, 0.1) is 25.7 Å². The number of phenolic OH excluding ortho intramolecular Hbond substituents is 1. The zero-order valence-electron chi connectivity index (χ0n) is 26.3. The molecular formula is C37H44O7. The van der Waals surface area contributed by atoms with Gasteiger partial charge in [0.15, 0.2) is 0 Å². The standard InChI is InChI=1S/C13H16O2.C12H14O3.C12H14O2/c1-3-15-13(14)12-8-11(12)10-6-4-9(2)5-7-10;1-2-15-12(14)11-7-10(11)8-3-5-9(13)6-4-8;1-3-14-12(13)9-8-11-6-4-10(2)5-7-11/h4-7,11-12H,3,8H2,1-2H3;3-6,10-11,13H,2,7H2,1H3;4-9H,3H2,1-2H3/b;;9-8+. The van der Waals surface area contributed by atoms with Crippen molar-refractivity contribution in [3.05, 3.63) is 107 Å². The Morgan fingerprint density at radius 2 is 1.07 bits per heavy atom. The number of benzene rings is 3. The second-order valence-corrected chi connectivity index (χ2v) is 10.9. The Hall–Kier alpha value is -4.39. The van der Waals surface area contributed by atoms with Gasteiger partial charge in [0.25, 0.3) is 0 Å². The van der Waals surface area contributed by atoms with Crippen molar-refractivity contribution in [3.63, 3.8) is 0 Å². The molecule has 0 bridgehead atoms. The van der Waals surface area contributed by atoms with Gasteiger partial charge in [-0.2, -0.15) is 0 Å². The van der Waals surface area contributed by atoms with Gasteiger partial charge in [-0.25, -0.2) is 4.79 Å². The van der Waals surface area contributed by atoms with E-state index < -0.39 is 0 Å². The van der Waals surface area contributed by atoms with Crippen LogP contribution >= 0.6 is 0 Å². The predicted octanol–water partition coefficient (Wildman–Crippen LogP) is 7.29. The van der Waals surface area contributed by atoms with Crippen molar-refractivity contribution >= 4 is 24.0 Å². The van der Waals surface area contributed by atoms with E-state index in [1.807, 2.05) is 57.2 Å². The molecule has 1 N–H and O–H groups in total. The fraction of sp³-hybridized carbons (Fsp3) is 0.378. The monoisotopic (exact) mass is 600 g/mol. The SMILES string of the molecule is CCOC(=O)/C=C/c1ccc(C)cc1.CCOC(=O)C1CC1c1ccc(C)cc1.CCOC(=O)C1CC1c1ccc(O)cc1. The highest BCUT2D eigenvalue weighted by molar-refractivity contribution is 5.87. The highest BCUT2D eigenvalue weighted by Gasteiger charge is 2.45.